The van der Waals surface area contributed by atoms with Gasteiger partial charge in [0.1, 0.15) is 0 Å². The maximum atomic E-state index is 6.50. The van der Waals surface area contributed by atoms with E-state index in [9.17, 15) is 0 Å². The Bertz CT molecular complexity index is 12.8. The fraction of sp³-hybridized carbons (Fsp3) is 0.800. The smallest absolute Gasteiger partial charge is 0.0462 e. The quantitative estimate of drug-likeness (QED) is 0.451. The molecule has 1 heteroatoms. The van der Waals surface area contributed by atoms with Crippen LogP contribution in [0.3, 0.4) is 0 Å². The lowest BCUT2D eigenvalue weighted by molar-refractivity contribution is 1.50. The molecule has 0 bridgehead atoms. The SMILES string of the molecule is C.C.C#N.CC.[3HH]. The molecule has 0 atom stereocenters. The Morgan fingerprint density at radius 3 is 1.17 bits per heavy atom. The van der Waals surface area contributed by atoms with E-state index in [0.29, 0.717) is 0 Å². The zero-order valence-corrected chi connectivity index (χ0v) is 3.02. The highest BCUT2D eigenvalue weighted by atomic mass is 14.2. The van der Waals surface area contributed by atoms with Crippen LogP contribution < -0.4 is 0 Å². The highest BCUT2D eigenvalue weighted by Gasteiger charge is 0.932. The molecular weight excluding hydrogens is 74.1 g/mol. The number of hydrogen-bond donors (Lipinski definition) is 0. The molecule has 0 aromatic rings. The molecule has 0 aromatic carbocycles. The lowest BCUT2D eigenvalue weighted by Crippen LogP contribution is -0.856. The van der Waals surface area contributed by atoms with E-state index in [1.165, 1.54) is 0 Å². The molecule has 0 aromatic heterocycles. The van der Waals surface area contributed by atoms with Crippen LogP contribution in [0.2, 0.25) is 0 Å². The molecule has 0 saturated carbocycles. The van der Waals surface area contributed by atoms with Crippen LogP contribution in [0.5, 0.6) is 0 Å². The Hall–Kier alpha value is -0.510. The van der Waals surface area contributed by atoms with Crippen LogP contribution in [0, 0.1) is 11.8 Å². The lowest BCUT2D eigenvalue weighted by atomic mass is 11.0. The van der Waals surface area contributed by atoms with Crippen molar-refractivity contribution in [3.05, 3.63) is 0 Å². The number of nitrogens with zero attached hydrogens (tertiary/aromatic N) is 1. The van der Waals surface area contributed by atoms with Crippen molar-refractivity contribution in [1.82, 2.24) is 0 Å². The molecule has 42 valence electrons. The molecular formula is C5H17N. The topological polar surface area (TPSA) is 23.8 Å². The van der Waals surface area contributed by atoms with Crippen molar-refractivity contribution in [3.63, 3.8) is 0 Å². The summed E-state index contributed by atoms with van der Waals surface area (Å²) in [5, 5.41) is 6.50. The second kappa shape index (κ2) is 210. The Morgan fingerprint density at radius 2 is 1.17 bits per heavy atom. The second-order valence-corrected chi connectivity index (χ2v) is 0. The predicted octanol–water partition coefficient (Wildman–Crippen LogP) is 2.68. The fourth-order valence-electron chi connectivity index (χ4n) is 0. The molecule has 0 unspecified atom stereocenters. The van der Waals surface area contributed by atoms with E-state index < -0.39 is 0 Å². The minimum absolute atomic E-state index is 0. The molecule has 1 nitrogen and oxygen atoms in total. The average Bonchev–Trinajstić information content (AvgIpc) is 1.50. The summed E-state index contributed by atoms with van der Waals surface area (Å²) >= 11 is 0. The van der Waals surface area contributed by atoms with E-state index in [2.05, 4.69) is 6.57 Å². The van der Waals surface area contributed by atoms with Crippen molar-refractivity contribution in [3.8, 4) is 6.57 Å². The normalized spacial score (nSPS) is 1.33. The van der Waals surface area contributed by atoms with Gasteiger partial charge in [-0.1, -0.05) is 28.7 Å². The van der Waals surface area contributed by atoms with Gasteiger partial charge < -0.3 is 0 Å². The van der Waals surface area contributed by atoms with E-state index in [1.54, 1.807) is 0 Å². The van der Waals surface area contributed by atoms with Gasteiger partial charge in [0, 0.05) is 8.00 Å². The molecule has 0 aliphatic rings. The molecule has 0 spiro atoms. The minimum atomic E-state index is 0. The zero-order valence-electron chi connectivity index (χ0n) is 3.02. The highest BCUT2D eigenvalue weighted by molar-refractivity contribution is 4.03. The Labute approximate surface area is 43.1 Å². The summed E-state index contributed by atoms with van der Waals surface area (Å²) in [4.78, 5) is 0. The van der Waals surface area contributed by atoms with Crippen molar-refractivity contribution >= 4 is 0 Å². The third kappa shape index (κ3) is 83.2. The van der Waals surface area contributed by atoms with Gasteiger partial charge in [0.05, 0.1) is 0 Å². The molecule has 0 amide bonds. The molecule has 0 rings (SSSR count). The average molecular weight is 93.2 g/mol. The molecule has 0 heterocycles. The minimum Gasteiger partial charge on any atom is -0.202 e. The van der Waals surface area contributed by atoms with Gasteiger partial charge in [0.2, 0.25) is 0 Å². The first-order chi connectivity index (χ1) is 2.00. The molecule has 0 N–H and O–H groups in total. The second-order valence-electron chi connectivity index (χ2n) is 0. The van der Waals surface area contributed by atoms with Crippen molar-refractivity contribution in [2.75, 3.05) is 0 Å². The van der Waals surface area contributed by atoms with E-state index >= 15 is 0 Å². The maximum absolute atomic E-state index is 6.50. The molecule has 0 radical (unpaired) electrons. The summed E-state index contributed by atoms with van der Waals surface area (Å²) in [6.45, 7) is 7.50. The van der Waals surface area contributed by atoms with Gasteiger partial charge in [-0.15, -0.1) is 0 Å². The zero-order chi connectivity index (χ0) is 4.00. The molecule has 0 saturated heterocycles. The summed E-state index contributed by atoms with van der Waals surface area (Å²) in [7, 11) is 0. The Kier molecular flexibility index (Phi) is 1750. The maximum Gasteiger partial charge on any atom is 0.0462 e. The van der Waals surface area contributed by atoms with Crippen molar-refractivity contribution < 1.29 is 1.43 Å². The monoisotopic (exact) mass is 93.1 g/mol. The van der Waals surface area contributed by atoms with Crippen molar-refractivity contribution in [1.29, 1.82) is 5.26 Å². The first-order valence-electron chi connectivity index (χ1n) is 1.26. The third-order valence-corrected chi connectivity index (χ3v) is 0. The fourth-order valence-corrected chi connectivity index (χ4v) is 0. The van der Waals surface area contributed by atoms with Gasteiger partial charge >= 0.3 is 0 Å². The molecule has 0 fully saturated rings. The van der Waals surface area contributed by atoms with E-state index in [1.807, 2.05) is 13.8 Å². The lowest BCUT2D eigenvalue weighted by Gasteiger charge is -1.07. The van der Waals surface area contributed by atoms with Gasteiger partial charge in [-0.3, -0.25) is 0 Å². The van der Waals surface area contributed by atoms with Crippen LogP contribution >= 0.6 is 0 Å². The molecule has 0 aliphatic carbocycles. The standard InChI is InChI=1S/C2H6.CHN.2CH4.H2/c2*1-2;;;/h1-2H3;1H;2*1H4;1H/i;;;;1+2. The van der Waals surface area contributed by atoms with Crippen LogP contribution in [0.25, 0.3) is 0 Å². The van der Waals surface area contributed by atoms with Gasteiger partial charge in [-0.05, 0) is 0 Å². The third-order valence-electron chi connectivity index (χ3n) is 0. The number of nitriles is 1. The predicted molar refractivity (Wildman–Crippen MR) is 33.6 cm³/mol. The van der Waals surface area contributed by atoms with Gasteiger partial charge in [-0.25, -0.2) is 5.26 Å². The summed E-state index contributed by atoms with van der Waals surface area (Å²) < 4.78 is 0. The highest BCUT2D eigenvalue weighted by Crippen LogP contribution is 1.14. The first kappa shape index (κ1) is 49.9. The first-order valence-corrected chi connectivity index (χ1v) is 1.26. The number of rotatable bonds is 0. The number of hydrogen-bond acceptors (Lipinski definition) is 1. The summed E-state index contributed by atoms with van der Waals surface area (Å²) in [6.07, 6.45) is 0. The van der Waals surface area contributed by atoms with Crippen LogP contribution in [0.4, 0.5) is 0 Å². The van der Waals surface area contributed by atoms with Gasteiger partial charge in [0.15, 0.2) is 0 Å². The van der Waals surface area contributed by atoms with Crippen molar-refractivity contribution in [2.24, 2.45) is 0 Å². The largest absolute Gasteiger partial charge is 0.202 e. The van der Waals surface area contributed by atoms with Gasteiger partial charge in [0.25, 0.3) is 0 Å². The summed E-state index contributed by atoms with van der Waals surface area (Å²) in [5.41, 5.74) is 0. The van der Waals surface area contributed by atoms with Crippen LogP contribution in [0.1, 0.15) is 30.1 Å². The molecule has 0 aliphatic heterocycles. The Morgan fingerprint density at radius 1 is 1.17 bits per heavy atom. The molecule has 6 heavy (non-hydrogen) atoms. The van der Waals surface area contributed by atoms with E-state index in [0.717, 1.165) is 0 Å². The Balaban J connectivity index is -0.00000000267. The van der Waals surface area contributed by atoms with E-state index in [4.69, 9.17) is 5.26 Å². The van der Waals surface area contributed by atoms with Gasteiger partial charge in [-0.2, -0.15) is 0 Å². The van der Waals surface area contributed by atoms with Crippen LogP contribution in [-0.4, -0.2) is 0 Å². The van der Waals surface area contributed by atoms with E-state index in [-0.39, 0.29) is 16.3 Å². The van der Waals surface area contributed by atoms with Crippen LogP contribution in [0.15, 0.2) is 0 Å². The summed E-state index contributed by atoms with van der Waals surface area (Å²) in [6, 6.07) is 0. The van der Waals surface area contributed by atoms with Crippen LogP contribution in [-0.2, 0) is 0 Å². The van der Waals surface area contributed by atoms with Crippen molar-refractivity contribution in [2.45, 2.75) is 28.7 Å². The summed E-state index contributed by atoms with van der Waals surface area (Å²) in [5.74, 6) is 0.